The molecule has 0 bridgehead atoms. The lowest BCUT2D eigenvalue weighted by Gasteiger charge is -2.28. The summed E-state index contributed by atoms with van der Waals surface area (Å²) in [5.41, 5.74) is 0. The number of hydrogen-bond donors (Lipinski definition) is 0. The minimum atomic E-state index is -2.42. The summed E-state index contributed by atoms with van der Waals surface area (Å²) < 4.78 is 17.8. The molecule has 0 N–H and O–H groups in total. The van der Waals surface area contributed by atoms with Gasteiger partial charge in [0.05, 0.1) is 6.54 Å². The normalized spacial score (nSPS) is 11.6. The SMILES string of the molecule is CCO[Si](CCCCCCCCCCCCCCCCCCCN=C=O)(OCC)OCC. The smallest absolute Gasteiger partial charge is 0.374 e. The lowest BCUT2D eigenvalue weighted by Crippen LogP contribution is -2.45. The van der Waals surface area contributed by atoms with E-state index >= 15 is 0 Å². The topological polar surface area (TPSA) is 57.1 Å². The van der Waals surface area contributed by atoms with Crippen LogP contribution in [-0.2, 0) is 18.1 Å². The van der Waals surface area contributed by atoms with E-state index in [0.717, 1.165) is 18.9 Å². The number of carbonyl (C=O) groups excluding carboxylic acids is 1. The molecule has 0 saturated carbocycles. The predicted molar refractivity (Wildman–Crippen MR) is 137 cm³/mol. The Morgan fingerprint density at radius 2 is 0.844 bits per heavy atom. The second kappa shape index (κ2) is 25.1. The molecule has 0 atom stereocenters. The minimum Gasteiger partial charge on any atom is -0.374 e. The maximum absolute atomic E-state index is 9.96. The first-order valence-corrected chi connectivity index (χ1v) is 15.6. The summed E-state index contributed by atoms with van der Waals surface area (Å²) in [5, 5.41) is 0. The van der Waals surface area contributed by atoms with Crippen LogP contribution in [0.2, 0.25) is 6.04 Å². The van der Waals surface area contributed by atoms with Crippen molar-refractivity contribution in [1.82, 2.24) is 0 Å². The third-order valence-electron chi connectivity index (χ3n) is 5.91. The summed E-state index contributed by atoms with van der Waals surface area (Å²) in [5.74, 6) is 0. The van der Waals surface area contributed by atoms with Crippen LogP contribution in [-0.4, -0.2) is 41.2 Å². The van der Waals surface area contributed by atoms with Crippen LogP contribution in [0.25, 0.3) is 0 Å². The highest BCUT2D eigenvalue weighted by atomic mass is 28.4. The van der Waals surface area contributed by atoms with Crippen molar-refractivity contribution in [3.8, 4) is 0 Å². The van der Waals surface area contributed by atoms with E-state index in [0.29, 0.717) is 26.4 Å². The Kier molecular flexibility index (Phi) is 24.7. The van der Waals surface area contributed by atoms with Gasteiger partial charge >= 0.3 is 8.80 Å². The number of unbranched alkanes of at least 4 members (excludes halogenated alkanes) is 16. The average molecular weight is 472 g/mol. The molecule has 0 amide bonds. The monoisotopic (exact) mass is 471 g/mol. The van der Waals surface area contributed by atoms with Crippen LogP contribution in [0, 0.1) is 0 Å². The number of hydrogen-bond acceptors (Lipinski definition) is 5. The van der Waals surface area contributed by atoms with Crippen LogP contribution in [0.5, 0.6) is 0 Å². The first kappa shape index (κ1) is 31.5. The highest BCUT2D eigenvalue weighted by molar-refractivity contribution is 6.60. The zero-order valence-electron chi connectivity index (χ0n) is 21.6. The maximum atomic E-state index is 9.96. The van der Waals surface area contributed by atoms with E-state index in [1.165, 1.54) is 96.3 Å². The van der Waals surface area contributed by atoms with Crippen molar-refractivity contribution < 1.29 is 18.1 Å². The van der Waals surface area contributed by atoms with Crippen LogP contribution in [0.3, 0.4) is 0 Å². The van der Waals surface area contributed by atoms with Gasteiger partial charge in [-0.2, -0.15) is 0 Å². The van der Waals surface area contributed by atoms with Gasteiger partial charge in [-0.05, 0) is 33.6 Å². The molecule has 0 aromatic rings. The molecule has 0 unspecified atom stereocenters. The second-order valence-corrected chi connectivity index (χ2v) is 11.4. The van der Waals surface area contributed by atoms with E-state index in [-0.39, 0.29) is 0 Å². The Hall–Kier alpha value is -0.523. The minimum absolute atomic E-state index is 0.656. The molecule has 6 heteroatoms. The Morgan fingerprint density at radius 3 is 1.16 bits per heavy atom. The summed E-state index contributed by atoms with van der Waals surface area (Å²) in [6.07, 6.45) is 24.1. The van der Waals surface area contributed by atoms with Gasteiger partial charge in [-0.1, -0.05) is 96.3 Å². The van der Waals surface area contributed by atoms with Crippen LogP contribution >= 0.6 is 0 Å². The molecule has 0 aliphatic heterocycles. The van der Waals surface area contributed by atoms with Crippen molar-refractivity contribution in [2.75, 3.05) is 26.4 Å². The van der Waals surface area contributed by atoms with E-state index in [4.69, 9.17) is 13.3 Å². The molecule has 0 heterocycles. The maximum Gasteiger partial charge on any atom is 0.500 e. The van der Waals surface area contributed by atoms with Crippen LogP contribution in [0.15, 0.2) is 4.99 Å². The third-order valence-corrected chi connectivity index (χ3v) is 9.06. The highest BCUT2D eigenvalue weighted by Crippen LogP contribution is 2.21. The molecule has 0 radical (unpaired) electrons. The van der Waals surface area contributed by atoms with E-state index < -0.39 is 8.80 Å². The van der Waals surface area contributed by atoms with Crippen molar-refractivity contribution in [2.24, 2.45) is 4.99 Å². The fourth-order valence-electron chi connectivity index (χ4n) is 4.23. The molecule has 0 fully saturated rings. The molecule has 5 nitrogen and oxygen atoms in total. The zero-order valence-corrected chi connectivity index (χ0v) is 22.6. The number of isocyanates is 1. The summed E-state index contributed by atoms with van der Waals surface area (Å²) in [7, 11) is -2.42. The molecule has 0 spiro atoms. The van der Waals surface area contributed by atoms with Crippen molar-refractivity contribution in [1.29, 1.82) is 0 Å². The van der Waals surface area contributed by atoms with E-state index in [9.17, 15) is 4.79 Å². The van der Waals surface area contributed by atoms with Crippen molar-refractivity contribution >= 4 is 14.9 Å². The van der Waals surface area contributed by atoms with Gasteiger partial charge < -0.3 is 13.3 Å². The van der Waals surface area contributed by atoms with E-state index in [1.54, 1.807) is 6.08 Å². The van der Waals surface area contributed by atoms with Crippen LogP contribution in [0.4, 0.5) is 0 Å². The Balaban J connectivity index is 3.39. The van der Waals surface area contributed by atoms with Gasteiger partial charge in [-0.25, -0.2) is 9.79 Å². The van der Waals surface area contributed by atoms with Gasteiger partial charge in [0.15, 0.2) is 0 Å². The quantitative estimate of drug-likeness (QED) is 0.0555. The van der Waals surface area contributed by atoms with Gasteiger partial charge in [0, 0.05) is 25.9 Å². The van der Waals surface area contributed by atoms with Crippen molar-refractivity contribution in [2.45, 2.75) is 136 Å². The highest BCUT2D eigenvalue weighted by Gasteiger charge is 2.39. The van der Waals surface area contributed by atoms with Gasteiger partial charge in [0.1, 0.15) is 0 Å². The lowest BCUT2D eigenvalue weighted by atomic mass is 10.0. The molecule has 0 aliphatic rings. The van der Waals surface area contributed by atoms with Crippen molar-refractivity contribution in [3.63, 3.8) is 0 Å². The Bertz CT molecular complexity index is 413. The summed E-state index contributed by atoms with van der Waals surface area (Å²) >= 11 is 0. The fraction of sp³-hybridized carbons (Fsp3) is 0.962. The number of nitrogens with zero attached hydrogens (tertiary/aromatic N) is 1. The van der Waals surface area contributed by atoms with Gasteiger partial charge in [-0.15, -0.1) is 0 Å². The van der Waals surface area contributed by atoms with Crippen LogP contribution in [0.1, 0.15) is 130 Å². The van der Waals surface area contributed by atoms with Crippen molar-refractivity contribution in [3.05, 3.63) is 0 Å². The first-order chi connectivity index (χ1) is 15.7. The first-order valence-electron chi connectivity index (χ1n) is 13.7. The average Bonchev–Trinajstić information content (AvgIpc) is 2.78. The fourth-order valence-corrected chi connectivity index (χ4v) is 6.92. The number of aliphatic imine (C=N–C) groups is 1. The van der Waals surface area contributed by atoms with Gasteiger partial charge in [-0.3, -0.25) is 0 Å². The molecule has 0 aromatic carbocycles. The number of rotatable bonds is 26. The van der Waals surface area contributed by atoms with Crippen LogP contribution < -0.4 is 0 Å². The molecule has 190 valence electrons. The Labute approximate surface area is 200 Å². The summed E-state index contributed by atoms with van der Waals surface area (Å²) in [6.45, 7) is 8.76. The zero-order chi connectivity index (χ0) is 23.6. The summed E-state index contributed by atoms with van der Waals surface area (Å²) in [6, 6.07) is 0.957. The summed E-state index contributed by atoms with van der Waals surface area (Å²) in [4.78, 5) is 13.6. The molecule has 32 heavy (non-hydrogen) atoms. The van der Waals surface area contributed by atoms with Gasteiger partial charge in [0.25, 0.3) is 0 Å². The predicted octanol–water partition coefficient (Wildman–Crippen LogP) is 8.00. The molecular formula is C26H53NO4Si. The second-order valence-electron chi connectivity index (χ2n) is 8.72. The lowest BCUT2D eigenvalue weighted by molar-refractivity contribution is 0.0706. The third kappa shape index (κ3) is 20.1. The van der Waals surface area contributed by atoms with E-state index in [2.05, 4.69) is 4.99 Å². The largest absolute Gasteiger partial charge is 0.500 e. The molecule has 0 aliphatic carbocycles. The molecule has 0 saturated heterocycles. The van der Waals surface area contributed by atoms with E-state index in [1.807, 2.05) is 20.8 Å². The molecule has 0 rings (SSSR count). The molecular weight excluding hydrogens is 418 g/mol. The van der Waals surface area contributed by atoms with Gasteiger partial charge in [0.2, 0.25) is 6.08 Å². The Morgan fingerprint density at radius 1 is 0.531 bits per heavy atom. The molecule has 0 aromatic heterocycles. The standard InChI is InChI=1S/C26H53NO4Si/c1-4-29-32(30-5-2,31-6-3)25-23-21-19-17-15-13-11-9-7-8-10-12-14-16-18-20-22-24-27-26-28/h4-25H2,1-3H3.